The van der Waals surface area contributed by atoms with Crippen LogP contribution in [0.1, 0.15) is 20.8 Å². The van der Waals surface area contributed by atoms with E-state index in [0.717, 1.165) is 12.2 Å². The average Bonchev–Trinajstić information content (AvgIpc) is 1.65. The van der Waals surface area contributed by atoms with Gasteiger partial charge in [0.25, 0.3) is 0 Å². The highest BCUT2D eigenvalue weighted by atomic mass is 14.0. The molecular formula is C6H13B. The predicted molar refractivity (Wildman–Crippen MR) is 34.6 cm³/mol. The van der Waals surface area contributed by atoms with Gasteiger partial charge in [-0.1, -0.05) is 27.1 Å². The van der Waals surface area contributed by atoms with Crippen molar-refractivity contribution in [1.29, 1.82) is 0 Å². The third kappa shape index (κ3) is 2.72. The molecule has 0 spiro atoms. The van der Waals surface area contributed by atoms with Gasteiger partial charge in [-0.25, -0.2) is 0 Å². The standard InChI is InChI=1S/C6H13B/c1-5(2)6(3)4-7/h5-6H,4H2,1-3H3. The Labute approximate surface area is 47.7 Å². The van der Waals surface area contributed by atoms with E-state index in [1.165, 1.54) is 0 Å². The molecule has 7 heavy (non-hydrogen) atoms. The molecule has 0 N–H and O–H groups in total. The highest BCUT2D eigenvalue weighted by molar-refractivity contribution is 6.08. The van der Waals surface area contributed by atoms with E-state index in [2.05, 4.69) is 20.8 Å². The van der Waals surface area contributed by atoms with E-state index in [9.17, 15) is 0 Å². The molecular weight excluding hydrogens is 82.9 g/mol. The molecule has 0 aliphatic carbocycles. The first kappa shape index (κ1) is 7.06. The lowest BCUT2D eigenvalue weighted by atomic mass is 9.85. The molecule has 0 heterocycles. The normalized spacial score (nSPS) is 14.9. The van der Waals surface area contributed by atoms with Crippen molar-refractivity contribution in [3.63, 3.8) is 0 Å². The van der Waals surface area contributed by atoms with Gasteiger partial charge in [0, 0.05) is 0 Å². The molecule has 1 heteroatoms. The maximum Gasteiger partial charge on any atom is 0.0656 e. The molecule has 0 aromatic rings. The minimum absolute atomic E-state index is 0.681. The summed E-state index contributed by atoms with van der Waals surface area (Å²) in [5, 5.41) is 0. The fraction of sp³-hybridized carbons (Fsp3) is 1.00. The lowest BCUT2D eigenvalue weighted by Crippen LogP contribution is -2.01. The zero-order chi connectivity index (χ0) is 5.86. The monoisotopic (exact) mass is 96.1 g/mol. The zero-order valence-electron chi connectivity index (χ0n) is 5.44. The average molecular weight is 96.0 g/mol. The van der Waals surface area contributed by atoms with Crippen LogP contribution in [0.3, 0.4) is 0 Å². The smallest absolute Gasteiger partial charge is 0.0656 e. The second-order valence-electron chi connectivity index (χ2n) is 2.46. The summed E-state index contributed by atoms with van der Waals surface area (Å²) in [6, 6.07) is 0. The van der Waals surface area contributed by atoms with E-state index in [1.54, 1.807) is 0 Å². The minimum Gasteiger partial charge on any atom is -0.0859 e. The molecule has 1 atom stereocenters. The van der Waals surface area contributed by atoms with E-state index in [1.807, 2.05) is 0 Å². The molecule has 0 aromatic carbocycles. The summed E-state index contributed by atoms with van der Waals surface area (Å²) in [5.74, 6) is 1.42. The van der Waals surface area contributed by atoms with Gasteiger partial charge in [0.15, 0.2) is 0 Å². The lowest BCUT2D eigenvalue weighted by molar-refractivity contribution is 0.457. The van der Waals surface area contributed by atoms with E-state index >= 15 is 0 Å². The van der Waals surface area contributed by atoms with Crippen molar-refractivity contribution in [2.24, 2.45) is 11.8 Å². The number of hydrogen-bond acceptors (Lipinski definition) is 0. The first-order chi connectivity index (χ1) is 3.18. The highest BCUT2D eigenvalue weighted by Gasteiger charge is 2.00. The van der Waals surface area contributed by atoms with Gasteiger partial charge in [-0.05, 0) is 11.8 Å². The van der Waals surface area contributed by atoms with Crippen molar-refractivity contribution in [3.05, 3.63) is 0 Å². The molecule has 0 bridgehead atoms. The van der Waals surface area contributed by atoms with Crippen LogP contribution in [0, 0.1) is 11.8 Å². The summed E-state index contributed by atoms with van der Waals surface area (Å²) in [6.45, 7) is 6.56. The van der Waals surface area contributed by atoms with Crippen molar-refractivity contribution in [1.82, 2.24) is 0 Å². The summed E-state index contributed by atoms with van der Waals surface area (Å²) in [5.41, 5.74) is 0. The lowest BCUT2D eigenvalue weighted by Gasteiger charge is -2.10. The van der Waals surface area contributed by atoms with Crippen LogP contribution in [0.5, 0.6) is 0 Å². The van der Waals surface area contributed by atoms with Crippen LogP contribution in [-0.2, 0) is 0 Å². The van der Waals surface area contributed by atoms with Gasteiger partial charge >= 0.3 is 0 Å². The van der Waals surface area contributed by atoms with Crippen molar-refractivity contribution < 1.29 is 0 Å². The van der Waals surface area contributed by atoms with Crippen LogP contribution in [0.15, 0.2) is 0 Å². The molecule has 0 saturated carbocycles. The van der Waals surface area contributed by atoms with Gasteiger partial charge in [-0.2, -0.15) is 0 Å². The Kier molecular flexibility index (Phi) is 3.15. The van der Waals surface area contributed by atoms with E-state index < -0.39 is 0 Å². The van der Waals surface area contributed by atoms with E-state index in [-0.39, 0.29) is 0 Å². The topological polar surface area (TPSA) is 0 Å². The Balaban J connectivity index is 3.14. The number of hydrogen-bond donors (Lipinski definition) is 0. The van der Waals surface area contributed by atoms with E-state index in [0.29, 0.717) is 5.92 Å². The molecule has 0 aliphatic rings. The van der Waals surface area contributed by atoms with Gasteiger partial charge in [0.2, 0.25) is 0 Å². The summed E-state index contributed by atoms with van der Waals surface area (Å²) in [4.78, 5) is 0. The fourth-order valence-corrected chi connectivity index (χ4v) is 0.272. The summed E-state index contributed by atoms with van der Waals surface area (Å²) < 4.78 is 0. The second kappa shape index (κ2) is 3.12. The van der Waals surface area contributed by atoms with Gasteiger partial charge in [-0.3, -0.25) is 0 Å². The maximum atomic E-state index is 5.37. The molecule has 0 aromatic heterocycles. The van der Waals surface area contributed by atoms with Gasteiger partial charge in [0.05, 0.1) is 7.85 Å². The molecule has 0 saturated heterocycles. The van der Waals surface area contributed by atoms with Crippen LogP contribution >= 0.6 is 0 Å². The van der Waals surface area contributed by atoms with Crippen LogP contribution < -0.4 is 0 Å². The van der Waals surface area contributed by atoms with Crippen molar-refractivity contribution >= 4 is 7.85 Å². The second-order valence-corrected chi connectivity index (χ2v) is 2.46. The minimum atomic E-state index is 0.681. The first-order valence-corrected chi connectivity index (χ1v) is 2.88. The SMILES string of the molecule is [B]CC(C)C(C)C. The third-order valence-electron chi connectivity index (χ3n) is 1.51. The summed E-state index contributed by atoms with van der Waals surface area (Å²) in [7, 11) is 5.37. The van der Waals surface area contributed by atoms with Gasteiger partial charge in [0.1, 0.15) is 0 Å². The Morgan fingerprint density at radius 3 is 1.71 bits per heavy atom. The van der Waals surface area contributed by atoms with Crippen LogP contribution in [0.2, 0.25) is 6.32 Å². The fourth-order valence-electron chi connectivity index (χ4n) is 0.272. The third-order valence-corrected chi connectivity index (χ3v) is 1.51. The molecule has 0 amide bonds. The Bertz CT molecular complexity index is 41.4. The summed E-state index contributed by atoms with van der Waals surface area (Å²) >= 11 is 0. The van der Waals surface area contributed by atoms with Crippen molar-refractivity contribution in [2.45, 2.75) is 27.1 Å². The molecule has 1 unspecified atom stereocenters. The van der Waals surface area contributed by atoms with Gasteiger partial charge in [-0.15, -0.1) is 0 Å². The van der Waals surface area contributed by atoms with Gasteiger partial charge < -0.3 is 0 Å². The van der Waals surface area contributed by atoms with Crippen LogP contribution in [0.25, 0.3) is 0 Å². The molecule has 0 nitrogen and oxygen atoms in total. The Morgan fingerprint density at radius 1 is 1.29 bits per heavy atom. The molecule has 40 valence electrons. The Morgan fingerprint density at radius 2 is 1.71 bits per heavy atom. The predicted octanol–water partition coefficient (Wildman–Crippen LogP) is 1.87. The highest BCUT2D eigenvalue weighted by Crippen LogP contribution is 2.11. The quantitative estimate of drug-likeness (QED) is 0.460. The zero-order valence-corrected chi connectivity index (χ0v) is 5.44. The maximum absolute atomic E-state index is 5.37. The largest absolute Gasteiger partial charge is 0.0859 e. The Hall–Kier alpha value is 0.0649. The van der Waals surface area contributed by atoms with Crippen LogP contribution in [0.4, 0.5) is 0 Å². The van der Waals surface area contributed by atoms with Crippen LogP contribution in [-0.4, -0.2) is 7.85 Å². The molecule has 0 rings (SSSR count). The number of rotatable bonds is 2. The van der Waals surface area contributed by atoms with Crippen molar-refractivity contribution in [3.8, 4) is 0 Å². The molecule has 0 fully saturated rings. The first-order valence-electron chi connectivity index (χ1n) is 2.88. The van der Waals surface area contributed by atoms with Crippen molar-refractivity contribution in [2.75, 3.05) is 0 Å². The molecule has 0 aliphatic heterocycles. The summed E-state index contributed by atoms with van der Waals surface area (Å²) in [6.07, 6.45) is 0.817. The van der Waals surface area contributed by atoms with E-state index in [4.69, 9.17) is 7.85 Å². The molecule has 2 radical (unpaired) electrons.